The van der Waals surface area contributed by atoms with Crippen LogP contribution in [0.1, 0.15) is 50.6 Å². The van der Waals surface area contributed by atoms with E-state index in [0.717, 1.165) is 30.8 Å². The van der Waals surface area contributed by atoms with Crippen LogP contribution in [0.25, 0.3) is 0 Å². The number of nitrogens with zero attached hydrogens (tertiary/aromatic N) is 1. The van der Waals surface area contributed by atoms with E-state index in [9.17, 15) is 0 Å². The fourth-order valence-corrected chi connectivity index (χ4v) is 2.26. The van der Waals surface area contributed by atoms with Gasteiger partial charge >= 0.3 is 0 Å². The van der Waals surface area contributed by atoms with Crippen LogP contribution in [0.2, 0.25) is 0 Å². The summed E-state index contributed by atoms with van der Waals surface area (Å²) in [6.07, 6.45) is 3.40. The molecule has 0 unspecified atom stereocenters. The summed E-state index contributed by atoms with van der Waals surface area (Å²) in [7, 11) is 0. The fourth-order valence-electron chi connectivity index (χ4n) is 2.26. The Balaban J connectivity index is 2.29. The molecule has 17 heavy (non-hydrogen) atoms. The topological polar surface area (TPSA) is 38.1 Å². The molecule has 0 bridgehead atoms. The predicted octanol–water partition coefficient (Wildman–Crippen LogP) is 3.25. The molecule has 0 amide bonds. The first-order valence-electron chi connectivity index (χ1n) is 6.71. The van der Waals surface area contributed by atoms with Crippen LogP contribution < -0.4 is 5.32 Å². The van der Waals surface area contributed by atoms with Crippen LogP contribution in [-0.2, 0) is 6.42 Å². The van der Waals surface area contributed by atoms with Gasteiger partial charge in [0.15, 0.2) is 0 Å². The Kier molecular flexibility index (Phi) is 5.69. The second-order valence-corrected chi connectivity index (χ2v) is 5.12. The maximum atomic E-state index is 5.16. The van der Waals surface area contributed by atoms with Crippen molar-refractivity contribution in [3.8, 4) is 0 Å². The van der Waals surface area contributed by atoms with E-state index in [1.165, 1.54) is 12.0 Å². The lowest BCUT2D eigenvalue weighted by Gasteiger charge is -2.20. The Morgan fingerprint density at radius 1 is 1.29 bits per heavy atom. The molecule has 3 nitrogen and oxygen atoms in total. The summed E-state index contributed by atoms with van der Waals surface area (Å²) < 4.78 is 5.16. The van der Waals surface area contributed by atoms with Crippen molar-refractivity contribution in [3.05, 3.63) is 17.0 Å². The van der Waals surface area contributed by atoms with Crippen molar-refractivity contribution in [2.45, 2.75) is 59.9 Å². The number of aromatic nitrogens is 1. The molecule has 0 spiro atoms. The van der Waals surface area contributed by atoms with Gasteiger partial charge < -0.3 is 9.84 Å². The second kappa shape index (κ2) is 6.80. The number of aryl methyl sites for hydroxylation is 2. The average molecular weight is 238 g/mol. The van der Waals surface area contributed by atoms with Gasteiger partial charge in [0.25, 0.3) is 0 Å². The van der Waals surface area contributed by atoms with Crippen molar-refractivity contribution < 1.29 is 4.52 Å². The van der Waals surface area contributed by atoms with Crippen molar-refractivity contribution in [2.75, 3.05) is 6.54 Å². The van der Waals surface area contributed by atoms with E-state index in [4.69, 9.17) is 4.52 Å². The first kappa shape index (κ1) is 14.2. The molecule has 0 radical (unpaired) electrons. The van der Waals surface area contributed by atoms with E-state index in [0.29, 0.717) is 12.0 Å². The van der Waals surface area contributed by atoms with Crippen LogP contribution in [-0.4, -0.2) is 17.7 Å². The molecule has 1 rings (SSSR count). The van der Waals surface area contributed by atoms with Crippen molar-refractivity contribution in [1.29, 1.82) is 0 Å². The minimum Gasteiger partial charge on any atom is -0.361 e. The molecule has 1 N–H and O–H groups in total. The van der Waals surface area contributed by atoms with Gasteiger partial charge in [0.05, 0.1) is 5.69 Å². The van der Waals surface area contributed by atoms with Crippen molar-refractivity contribution in [2.24, 2.45) is 5.92 Å². The van der Waals surface area contributed by atoms with Gasteiger partial charge in [0.2, 0.25) is 0 Å². The molecule has 98 valence electrons. The standard InChI is InChI=1S/C14H26N2O/c1-6-14(10(2)3)15-9-7-8-13-11(4)16-17-12(13)5/h10,14-15H,6-9H2,1-5H3/t14-/m1/s1. The summed E-state index contributed by atoms with van der Waals surface area (Å²) >= 11 is 0. The van der Waals surface area contributed by atoms with Crippen molar-refractivity contribution in [1.82, 2.24) is 10.5 Å². The van der Waals surface area contributed by atoms with Crippen LogP contribution in [0.4, 0.5) is 0 Å². The third-order valence-electron chi connectivity index (χ3n) is 3.44. The van der Waals surface area contributed by atoms with E-state index in [-0.39, 0.29) is 0 Å². The molecule has 0 aliphatic rings. The highest BCUT2D eigenvalue weighted by molar-refractivity contribution is 5.20. The minimum atomic E-state index is 0.639. The lowest BCUT2D eigenvalue weighted by atomic mass is 10.0. The minimum absolute atomic E-state index is 0.639. The zero-order valence-corrected chi connectivity index (χ0v) is 11.8. The van der Waals surface area contributed by atoms with Gasteiger partial charge in [-0.2, -0.15) is 0 Å². The number of hydrogen-bond donors (Lipinski definition) is 1. The largest absolute Gasteiger partial charge is 0.361 e. The van der Waals surface area contributed by atoms with Crippen LogP contribution in [0.3, 0.4) is 0 Å². The lowest BCUT2D eigenvalue weighted by molar-refractivity contribution is 0.385. The maximum absolute atomic E-state index is 5.16. The first-order valence-corrected chi connectivity index (χ1v) is 6.71. The Morgan fingerprint density at radius 2 is 2.00 bits per heavy atom. The zero-order chi connectivity index (χ0) is 12.8. The van der Waals surface area contributed by atoms with Gasteiger partial charge in [-0.3, -0.25) is 0 Å². The average Bonchev–Trinajstić information content (AvgIpc) is 2.59. The van der Waals surface area contributed by atoms with Crippen LogP contribution in [0, 0.1) is 19.8 Å². The molecule has 1 atom stereocenters. The molecule has 0 fully saturated rings. The van der Waals surface area contributed by atoms with Crippen molar-refractivity contribution >= 4 is 0 Å². The van der Waals surface area contributed by atoms with E-state index < -0.39 is 0 Å². The zero-order valence-electron chi connectivity index (χ0n) is 11.8. The molecule has 1 aromatic rings. The Labute approximate surface area is 105 Å². The highest BCUT2D eigenvalue weighted by Gasteiger charge is 2.11. The van der Waals surface area contributed by atoms with Gasteiger partial charge in [-0.15, -0.1) is 0 Å². The number of nitrogens with one attached hydrogen (secondary N) is 1. The third kappa shape index (κ3) is 4.15. The summed E-state index contributed by atoms with van der Waals surface area (Å²) in [6, 6.07) is 0.639. The van der Waals surface area contributed by atoms with E-state index in [2.05, 4.69) is 31.2 Å². The Morgan fingerprint density at radius 3 is 2.47 bits per heavy atom. The number of rotatable bonds is 7. The highest BCUT2D eigenvalue weighted by Crippen LogP contribution is 2.14. The Bertz CT molecular complexity index is 311. The van der Waals surface area contributed by atoms with Gasteiger partial charge in [-0.05, 0) is 45.6 Å². The highest BCUT2D eigenvalue weighted by atomic mass is 16.5. The SMILES string of the molecule is CC[C@@H](NCCCc1c(C)noc1C)C(C)C. The molecular formula is C14H26N2O. The van der Waals surface area contributed by atoms with Crippen LogP contribution in [0.5, 0.6) is 0 Å². The van der Waals surface area contributed by atoms with Gasteiger partial charge in [0, 0.05) is 11.6 Å². The summed E-state index contributed by atoms with van der Waals surface area (Å²) in [4.78, 5) is 0. The van der Waals surface area contributed by atoms with Gasteiger partial charge in [-0.1, -0.05) is 25.9 Å². The predicted molar refractivity (Wildman–Crippen MR) is 71.2 cm³/mol. The van der Waals surface area contributed by atoms with Gasteiger partial charge in [0.1, 0.15) is 5.76 Å². The summed E-state index contributed by atoms with van der Waals surface area (Å²) in [6.45, 7) is 11.9. The molecule has 0 aliphatic heterocycles. The van der Waals surface area contributed by atoms with Gasteiger partial charge in [-0.25, -0.2) is 0 Å². The second-order valence-electron chi connectivity index (χ2n) is 5.12. The molecule has 0 aliphatic carbocycles. The lowest BCUT2D eigenvalue weighted by Crippen LogP contribution is -2.34. The van der Waals surface area contributed by atoms with E-state index in [1.54, 1.807) is 0 Å². The summed E-state index contributed by atoms with van der Waals surface area (Å²) in [5.74, 6) is 1.68. The summed E-state index contributed by atoms with van der Waals surface area (Å²) in [5.41, 5.74) is 2.32. The molecule has 0 saturated heterocycles. The summed E-state index contributed by atoms with van der Waals surface area (Å²) in [5, 5.41) is 7.60. The molecule has 1 heterocycles. The molecule has 3 heteroatoms. The van der Waals surface area contributed by atoms with E-state index in [1.807, 2.05) is 13.8 Å². The van der Waals surface area contributed by atoms with Crippen LogP contribution >= 0.6 is 0 Å². The maximum Gasteiger partial charge on any atom is 0.137 e. The molecule has 1 aromatic heterocycles. The smallest absolute Gasteiger partial charge is 0.137 e. The molecule has 0 saturated carbocycles. The molecule has 0 aromatic carbocycles. The van der Waals surface area contributed by atoms with Crippen LogP contribution in [0.15, 0.2) is 4.52 Å². The molecular weight excluding hydrogens is 212 g/mol. The normalized spacial score (nSPS) is 13.3. The monoisotopic (exact) mass is 238 g/mol. The fraction of sp³-hybridized carbons (Fsp3) is 0.786. The quantitative estimate of drug-likeness (QED) is 0.741. The Hall–Kier alpha value is -0.830. The first-order chi connectivity index (χ1) is 8.06. The third-order valence-corrected chi connectivity index (χ3v) is 3.44. The van der Waals surface area contributed by atoms with Crippen molar-refractivity contribution in [3.63, 3.8) is 0 Å². The number of hydrogen-bond acceptors (Lipinski definition) is 3. The van der Waals surface area contributed by atoms with E-state index >= 15 is 0 Å².